The molecule has 0 N–H and O–H groups in total. The fourth-order valence-corrected chi connectivity index (χ4v) is 1.88. The van der Waals surface area contributed by atoms with Gasteiger partial charge >= 0.3 is 111 Å². The van der Waals surface area contributed by atoms with Gasteiger partial charge in [0.05, 0.1) is 0 Å². The third-order valence-electron chi connectivity index (χ3n) is 2.16. The molecule has 18 heavy (non-hydrogen) atoms. The van der Waals surface area contributed by atoms with Gasteiger partial charge in [-0.2, -0.15) is 0 Å². The zero-order valence-corrected chi connectivity index (χ0v) is 10.1. The van der Waals surface area contributed by atoms with Crippen LogP contribution in [-0.4, -0.2) is 30.4 Å². The van der Waals surface area contributed by atoms with Crippen LogP contribution in [0.3, 0.4) is 0 Å². The van der Waals surface area contributed by atoms with Crippen LogP contribution < -0.4 is 4.74 Å². The van der Waals surface area contributed by atoms with Crippen molar-refractivity contribution >= 4 is 22.4 Å². The van der Waals surface area contributed by atoms with E-state index in [0.29, 0.717) is 0 Å². The molecule has 0 amide bonds. The van der Waals surface area contributed by atoms with Crippen LogP contribution >= 0.6 is 0 Å². The Labute approximate surface area is 111 Å². The summed E-state index contributed by atoms with van der Waals surface area (Å²) < 4.78 is 5.73. The maximum absolute atomic E-state index is 11.0. The Balaban J connectivity index is 2.99. The van der Waals surface area contributed by atoms with Crippen LogP contribution in [0.5, 0.6) is 5.75 Å². The van der Waals surface area contributed by atoms with Crippen LogP contribution in [0.15, 0.2) is 6.07 Å². The first-order chi connectivity index (χ1) is 8.47. The number of rotatable bonds is 3. The molecular formula is C7H4AgN5O5. The van der Waals surface area contributed by atoms with Gasteiger partial charge in [-0.25, -0.2) is 0 Å². The Bertz CT molecular complexity index is 668. The molecule has 11 heteroatoms. The molecule has 0 saturated heterocycles. The predicted molar refractivity (Wildman–Crippen MR) is 52.8 cm³/mol. The molecule has 0 bridgehead atoms. The number of nitrogens with zero attached hydrogens (tertiary/aromatic N) is 5. The van der Waals surface area contributed by atoms with E-state index in [1.165, 1.54) is 0 Å². The summed E-state index contributed by atoms with van der Waals surface area (Å²) in [5, 5.41) is 29.0. The fourth-order valence-electron chi connectivity index (χ4n) is 1.49. The van der Waals surface area contributed by atoms with Crippen molar-refractivity contribution < 1.29 is 35.9 Å². The van der Waals surface area contributed by atoms with E-state index in [1.807, 2.05) is 0 Å². The van der Waals surface area contributed by atoms with Gasteiger partial charge in [0.25, 0.3) is 0 Å². The van der Waals surface area contributed by atoms with Gasteiger partial charge in [0, 0.05) is 0 Å². The summed E-state index contributed by atoms with van der Waals surface area (Å²) in [7, 11) is 1.11. The molecule has 0 aliphatic carbocycles. The molecule has 0 unspecified atom stereocenters. The molecule has 98 valence electrons. The van der Waals surface area contributed by atoms with Crippen LogP contribution in [-0.2, 0) is 21.3 Å². The van der Waals surface area contributed by atoms with Crippen molar-refractivity contribution in [2.24, 2.45) is 0 Å². The second-order valence-electron chi connectivity index (χ2n) is 3.08. The third kappa shape index (κ3) is 1.72. The Morgan fingerprint density at radius 3 is 2.56 bits per heavy atom. The summed E-state index contributed by atoms with van der Waals surface area (Å²) in [6, 6.07) is 1.06. The quantitative estimate of drug-likeness (QED) is 0.452. The summed E-state index contributed by atoms with van der Waals surface area (Å²) >= 11 is 2.94. The molecular weight excluding hydrogens is 342 g/mol. The van der Waals surface area contributed by atoms with Gasteiger partial charge < -0.3 is 0 Å². The number of fused-ring (bicyclic) bond motifs is 1. The maximum atomic E-state index is 11.0. The molecule has 10 nitrogen and oxygen atoms in total. The number of nitro groups is 2. The van der Waals surface area contributed by atoms with Crippen molar-refractivity contribution in [1.29, 1.82) is 0 Å². The van der Waals surface area contributed by atoms with Crippen molar-refractivity contribution in [3.63, 3.8) is 0 Å². The van der Waals surface area contributed by atoms with E-state index >= 15 is 0 Å². The minimum absolute atomic E-state index is 0.0127. The van der Waals surface area contributed by atoms with Crippen LogP contribution in [0.1, 0.15) is 0 Å². The first-order valence-corrected chi connectivity index (χ1v) is 5.01. The van der Waals surface area contributed by atoms with Crippen molar-refractivity contribution in [3.8, 4) is 5.75 Å². The number of hydrogen-bond acceptors (Lipinski definition) is 7. The van der Waals surface area contributed by atoms with E-state index in [2.05, 4.69) is 31.6 Å². The molecule has 1 heterocycles. The number of hydrogen-bond donors (Lipinski definition) is 0. The molecule has 1 aromatic heterocycles. The van der Waals surface area contributed by atoms with Gasteiger partial charge in [-0.3, -0.25) is 0 Å². The predicted octanol–water partition coefficient (Wildman–Crippen LogP) is 0.566. The van der Waals surface area contributed by atoms with Crippen molar-refractivity contribution in [2.75, 3.05) is 7.11 Å². The summed E-state index contributed by atoms with van der Waals surface area (Å²) in [4.78, 5) is 20.3. The number of nitro benzene ring substituents is 2. The Morgan fingerprint density at radius 2 is 2.06 bits per heavy atom. The van der Waals surface area contributed by atoms with Crippen molar-refractivity contribution in [1.82, 2.24) is 13.4 Å². The van der Waals surface area contributed by atoms with Gasteiger partial charge in [-0.1, -0.05) is 0 Å². The standard InChI is InChI=1S/C7H4N5O5.Ag/c1-17-7-4(11(13)14)2-3-5(9-10-8-3)6(7)12(15)16;/h2H,1H3;/q-1;+1. The zero-order valence-electron chi connectivity index (χ0n) is 8.66. The average Bonchev–Trinajstić information content (AvgIpc) is 2.68. The summed E-state index contributed by atoms with van der Waals surface area (Å²) in [6.45, 7) is 0. The van der Waals surface area contributed by atoms with Crippen LogP contribution in [0.25, 0.3) is 11.0 Å². The van der Waals surface area contributed by atoms with Gasteiger partial charge in [-0.15, -0.1) is 0 Å². The van der Waals surface area contributed by atoms with Gasteiger partial charge in [-0.05, 0) is 0 Å². The number of ether oxygens (including phenoxy) is 1. The van der Waals surface area contributed by atoms with Gasteiger partial charge in [0.15, 0.2) is 0 Å². The molecule has 0 saturated carbocycles. The van der Waals surface area contributed by atoms with E-state index in [-0.39, 0.29) is 11.0 Å². The van der Waals surface area contributed by atoms with E-state index < -0.39 is 27.0 Å². The number of benzene rings is 1. The molecule has 2 aromatic rings. The zero-order chi connectivity index (χ0) is 13.4. The van der Waals surface area contributed by atoms with E-state index in [0.717, 1.165) is 16.3 Å². The molecule has 0 aliphatic heterocycles. The molecule has 0 aliphatic rings. The second kappa shape index (κ2) is 4.33. The first-order valence-electron chi connectivity index (χ1n) is 4.35. The molecule has 2 rings (SSSR count). The SMILES string of the molecule is COc1c([N+](=O)[O-])cc2nn[n]([Ag])c2c1[N+](=O)[O-]. The van der Waals surface area contributed by atoms with E-state index in [4.69, 9.17) is 4.74 Å². The van der Waals surface area contributed by atoms with Crippen molar-refractivity contribution in [3.05, 3.63) is 26.3 Å². The Hall–Kier alpha value is -2.04. The molecule has 1 aromatic carbocycles. The number of methoxy groups -OCH3 is 1. The number of aromatic nitrogens is 3. The summed E-state index contributed by atoms with van der Waals surface area (Å²) in [6.07, 6.45) is 0. The molecule has 0 radical (unpaired) electrons. The van der Waals surface area contributed by atoms with Crippen LogP contribution in [0, 0.1) is 20.2 Å². The molecule has 0 fully saturated rings. The topological polar surface area (TPSA) is 126 Å². The first kappa shape index (κ1) is 12.4. The van der Waals surface area contributed by atoms with E-state index in [1.54, 1.807) is 0 Å². The molecule has 0 atom stereocenters. The Morgan fingerprint density at radius 1 is 1.39 bits per heavy atom. The summed E-state index contributed by atoms with van der Waals surface area (Å²) in [5.74, 6) is -0.444. The molecule has 0 spiro atoms. The minimum atomic E-state index is -0.783. The second-order valence-corrected chi connectivity index (χ2v) is 3.70. The normalized spacial score (nSPS) is 10.6. The van der Waals surface area contributed by atoms with E-state index in [9.17, 15) is 20.2 Å². The van der Waals surface area contributed by atoms with Gasteiger partial charge in [0.1, 0.15) is 0 Å². The van der Waals surface area contributed by atoms with Crippen molar-refractivity contribution in [2.45, 2.75) is 0 Å². The monoisotopic (exact) mass is 345 g/mol. The fraction of sp³-hybridized carbons (Fsp3) is 0.143. The Kier molecular flexibility index (Phi) is 2.98. The van der Waals surface area contributed by atoms with Crippen LogP contribution in [0.2, 0.25) is 0 Å². The third-order valence-corrected chi connectivity index (χ3v) is 2.63. The van der Waals surface area contributed by atoms with Gasteiger partial charge in [0.2, 0.25) is 0 Å². The summed E-state index contributed by atoms with van der Waals surface area (Å²) in [5.41, 5.74) is -1.10. The van der Waals surface area contributed by atoms with Crippen LogP contribution in [0.4, 0.5) is 11.4 Å². The average molecular weight is 346 g/mol.